The van der Waals surface area contributed by atoms with Crippen LogP contribution in [0.15, 0.2) is 53.4 Å². The molecule has 2 N–H and O–H groups in total. The van der Waals surface area contributed by atoms with Gasteiger partial charge in [0.2, 0.25) is 0 Å². The van der Waals surface area contributed by atoms with Crippen molar-refractivity contribution in [3.8, 4) is 0 Å². The van der Waals surface area contributed by atoms with Crippen LogP contribution in [-0.2, 0) is 0 Å². The quantitative estimate of drug-likeness (QED) is 0.656. The second-order valence-corrected chi connectivity index (χ2v) is 5.39. The minimum Gasteiger partial charge on any atom is -0.359 e. The molecule has 0 radical (unpaired) electrons. The highest BCUT2D eigenvalue weighted by Crippen LogP contribution is 2.32. The normalized spacial score (nSPS) is 17.6. The van der Waals surface area contributed by atoms with Gasteiger partial charge in [0.1, 0.15) is 0 Å². The van der Waals surface area contributed by atoms with Crippen molar-refractivity contribution in [3.05, 3.63) is 59.7 Å². The summed E-state index contributed by atoms with van der Waals surface area (Å²) in [5.41, 5.74) is 2.06. The van der Waals surface area contributed by atoms with Crippen molar-refractivity contribution in [2.24, 2.45) is 0 Å². The summed E-state index contributed by atoms with van der Waals surface area (Å²) in [4.78, 5) is 13.3. The fraction of sp³-hybridized carbons (Fsp3) is 0.133. The molecule has 102 valence electrons. The van der Waals surface area contributed by atoms with Crippen LogP contribution in [-0.4, -0.2) is 22.4 Å². The molecule has 2 aromatic carbocycles. The Balaban J connectivity index is 1.97. The molecule has 3 rings (SSSR count). The monoisotopic (exact) mass is 286 g/mol. The molecule has 1 heterocycles. The Labute approximate surface area is 121 Å². The van der Waals surface area contributed by atoms with Gasteiger partial charge in [-0.15, -0.1) is 11.8 Å². The Morgan fingerprint density at radius 3 is 2.55 bits per heavy atom. The molecule has 1 aliphatic rings. The van der Waals surface area contributed by atoms with Gasteiger partial charge in [0.15, 0.2) is 6.17 Å². The molecule has 1 aliphatic heterocycles. The van der Waals surface area contributed by atoms with Crippen LogP contribution in [0.4, 0.5) is 5.69 Å². The number of carbonyl (C=O) groups is 1. The molecule has 20 heavy (non-hydrogen) atoms. The van der Waals surface area contributed by atoms with Gasteiger partial charge in [-0.25, -0.2) is 0 Å². The highest BCUT2D eigenvalue weighted by molar-refractivity contribution is 7.98. The summed E-state index contributed by atoms with van der Waals surface area (Å²) in [6, 6.07) is 14.9. The minimum absolute atomic E-state index is 0.390. The summed E-state index contributed by atoms with van der Waals surface area (Å²) in [6.07, 6.45) is 1.44. The second-order valence-electron chi connectivity index (χ2n) is 4.52. The van der Waals surface area contributed by atoms with Crippen molar-refractivity contribution >= 4 is 23.4 Å². The molecule has 1 atom stereocenters. The van der Waals surface area contributed by atoms with E-state index < -0.39 is 12.1 Å². The molecule has 0 fully saturated rings. The van der Waals surface area contributed by atoms with Gasteiger partial charge in [0, 0.05) is 10.6 Å². The molecule has 1 amide bonds. The van der Waals surface area contributed by atoms with Crippen LogP contribution in [0.3, 0.4) is 0 Å². The summed E-state index contributed by atoms with van der Waals surface area (Å²) < 4.78 is 0. The van der Waals surface area contributed by atoms with Crippen LogP contribution >= 0.6 is 11.8 Å². The number of benzene rings is 2. The number of fused-ring (bicyclic) bond motifs is 1. The number of anilines is 1. The number of carbonyl (C=O) groups excluding carboxylic acids is 1. The molecule has 0 aromatic heterocycles. The van der Waals surface area contributed by atoms with Crippen molar-refractivity contribution in [1.82, 2.24) is 5.06 Å². The first-order chi connectivity index (χ1) is 9.70. The van der Waals surface area contributed by atoms with Gasteiger partial charge in [-0.2, -0.15) is 5.06 Å². The summed E-state index contributed by atoms with van der Waals surface area (Å²) in [6.45, 7) is 0. The molecule has 4 nitrogen and oxygen atoms in total. The number of thioether (sulfide) groups is 1. The van der Waals surface area contributed by atoms with E-state index in [1.165, 1.54) is 0 Å². The molecule has 0 saturated heterocycles. The van der Waals surface area contributed by atoms with Crippen LogP contribution in [0.1, 0.15) is 22.1 Å². The number of nitrogens with zero attached hydrogens (tertiary/aromatic N) is 1. The number of nitrogens with one attached hydrogen (secondary N) is 1. The predicted octanol–water partition coefficient (Wildman–Crippen LogP) is 3.36. The largest absolute Gasteiger partial charge is 0.359 e. The van der Waals surface area contributed by atoms with Crippen molar-refractivity contribution in [2.45, 2.75) is 11.1 Å². The highest BCUT2D eigenvalue weighted by Gasteiger charge is 2.31. The lowest BCUT2D eigenvalue weighted by Gasteiger charge is -2.33. The summed E-state index contributed by atoms with van der Waals surface area (Å²) in [5, 5.41) is 14.0. The maximum atomic E-state index is 12.2. The van der Waals surface area contributed by atoms with Crippen molar-refractivity contribution in [1.29, 1.82) is 0 Å². The van der Waals surface area contributed by atoms with Crippen LogP contribution in [0.25, 0.3) is 0 Å². The maximum Gasteiger partial charge on any atom is 0.281 e. The number of hydrogen-bond donors (Lipinski definition) is 2. The number of hydroxylamine groups is 2. The van der Waals surface area contributed by atoms with Crippen LogP contribution in [0, 0.1) is 0 Å². The number of rotatable bonds is 2. The Kier molecular flexibility index (Phi) is 3.38. The van der Waals surface area contributed by atoms with E-state index in [-0.39, 0.29) is 0 Å². The zero-order valence-corrected chi connectivity index (χ0v) is 11.7. The van der Waals surface area contributed by atoms with Gasteiger partial charge in [0.25, 0.3) is 5.91 Å². The SMILES string of the molecule is CSc1ccc([C@@H]2Nc3ccccc3C(=O)N2O)cc1. The summed E-state index contributed by atoms with van der Waals surface area (Å²) in [7, 11) is 0. The van der Waals surface area contributed by atoms with E-state index in [9.17, 15) is 10.0 Å². The zero-order chi connectivity index (χ0) is 14.1. The lowest BCUT2D eigenvalue weighted by atomic mass is 10.1. The lowest BCUT2D eigenvalue weighted by Crippen LogP contribution is -2.40. The Morgan fingerprint density at radius 2 is 1.85 bits per heavy atom. The van der Waals surface area contributed by atoms with Crippen LogP contribution < -0.4 is 5.32 Å². The number of para-hydroxylation sites is 1. The zero-order valence-electron chi connectivity index (χ0n) is 10.9. The lowest BCUT2D eigenvalue weighted by molar-refractivity contribution is -0.0851. The molecule has 0 saturated carbocycles. The first kappa shape index (κ1) is 13.0. The van der Waals surface area contributed by atoms with Crippen molar-refractivity contribution < 1.29 is 10.0 Å². The third-order valence-corrected chi connectivity index (χ3v) is 4.08. The molecular formula is C15H14N2O2S. The van der Waals surface area contributed by atoms with E-state index in [1.54, 1.807) is 23.9 Å². The predicted molar refractivity (Wildman–Crippen MR) is 79.0 cm³/mol. The standard InChI is InChI=1S/C15H14N2O2S/c1-20-11-8-6-10(7-9-11)14-16-13-5-3-2-4-12(13)15(18)17(14)19/h2-9,14,16,19H,1H3/t14-/m1/s1. The third kappa shape index (κ3) is 2.15. The first-order valence-corrected chi connectivity index (χ1v) is 7.45. The smallest absolute Gasteiger partial charge is 0.281 e. The Morgan fingerprint density at radius 1 is 1.15 bits per heavy atom. The fourth-order valence-corrected chi connectivity index (χ4v) is 2.66. The summed E-state index contributed by atoms with van der Waals surface area (Å²) in [5.74, 6) is -0.390. The Bertz CT molecular complexity index is 643. The first-order valence-electron chi connectivity index (χ1n) is 6.22. The topological polar surface area (TPSA) is 52.6 Å². The third-order valence-electron chi connectivity index (χ3n) is 3.33. The van der Waals surface area contributed by atoms with Gasteiger partial charge >= 0.3 is 0 Å². The van der Waals surface area contributed by atoms with E-state index in [2.05, 4.69) is 5.32 Å². The molecule has 5 heteroatoms. The average molecular weight is 286 g/mol. The van der Waals surface area contributed by atoms with Crippen molar-refractivity contribution in [2.75, 3.05) is 11.6 Å². The maximum absolute atomic E-state index is 12.2. The Hall–Kier alpha value is -1.98. The fourth-order valence-electron chi connectivity index (χ4n) is 2.26. The van der Waals surface area contributed by atoms with E-state index in [0.717, 1.165) is 21.2 Å². The second kappa shape index (κ2) is 5.19. The summed E-state index contributed by atoms with van der Waals surface area (Å²) >= 11 is 1.65. The molecule has 0 bridgehead atoms. The molecule has 0 aliphatic carbocycles. The van der Waals surface area contributed by atoms with Crippen molar-refractivity contribution in [3.63, 3.8) is 0 Å². The van der Waals surface area contributed by atoms with Gasteiger partial charge in [-0.3, -0.25) is 10.0 Å². The van der Waals surface area contributed by atoms with E-state index in [0.29, 0.717) is 5.56 Å². The van der Waals surface area contributed by atoms with E-state index in [4.69, 9.17) is 0 Å². The number of hydrogen-bond acceptors (Lipinski definition) is 4. The molecule has 0 unspecified atom stereocenters. The molecule has 2 aromatic rings. The van der Waals surface area contributed by atoms with Crippen LogP contribution in [0.2, 0.25) is 0 Å². The van der Waals surface area contributed by atoms with Gasteiger partial charge in [0.05, 0.1) is 5.56 Å². The van der Waals surface area contributed by atoms with E-state index >= 15 is 0 Å². The average Bonchev–Trinajstić information content (AvgIpc) is 2.51. The highest BCUT2D eigenvalue weighted by atomic mass is 32.2. The van der Waals surface area contributed by atoms with E-state index in [1.807, 2.05) is 42.7 Å². The van der Waals surface area contributed by atoms with Gasteiger partial charge in [-0.1, -0.05) is 24.3 Å². The van der Waals surface area contributed by atoms with Gasteiger partial charge < -0.3 is 5.32 Å². The van der Waals surface area contributed by atoms with Gasteiger partial charge in [-0.05, 0) is 36.1 Å². The van der Waals surface area contributed by atoms with Crippen LogP contribution in [0.5, 0.6) is 0 Å². The minimum atomic E-state index is -0.562. The molecular weight excluding hydrogens is 272 g/mol. The number of amides is 1. The molecule has 0 spiro atoms.